The number of nitrogens with zero attached hydrogens (tertiary/aromatic N) is 4. The lowest BCUT2D eigenvalue weighted by Crippen LogP contribution is -2.54. The van der Waals surface area contributed by atoms with Crippen LogP contribution in [0.3, 0.4) is 0 Å². The van der Waals surface area contributed by atoms with Gasteiger partial charge in [0.2, 0.25) is 5.91 Å². The summed E-state index contributed by atoms with van der Waals surface area (Å²) in [5.41, 5.74) is 0. The van der Waals surface area contributed by atoms with Gasteiger partial charge in [-0.05, 0) is 19.1 Å². The second-order valence-corrected chi connectivity index (χ2v) is 5.66. The molecule has 0 bridgehead atoms. The van der Waals surface area contributed by atoms with Crippen molar-refractivity contribution in [2.24, 2.45) is 0 Å². The molecule has 2 aliphatic rings. The number of fused-ring (bicyclic) bond motifs is 1. The number of amides is 3. The third-order valence-corrected chi connectivity index (χ3v) is 4.11. The van der Waals surface area contributed by atoms with Crippen LogP contribution >= 0.6 is 0 Å². The summed E-state index contributed by atoms with van der Waals surface area (Å²) >= 11 is 0. The minimum Gasteiger partial charge on any atom is -0.480 e. The lowest BCUT2D eigenvalue weighted by Gasteiger charge is -2.35. The number of ether oxygens (including phenoxy) is 2. The zero-order valence-corrected chi connectivity index (χ0v) is 14.0. The van der Waals surface area contributed by atoms with Crippen LogP contribution in [0.5, 0.6) is 5.75 Å². The highest BCUT2D eigenvalue weighted by Gasteiger charge is 2.31. The molecule has 9 nitrogen and oxygen atoms in total. The first-order valence-electron chi connectivity index (χ1n) is 8.17. The predicted octanol–water partition coefficient (Wildman–Crippen LogP) is 0.108. The van der Waals surface area contributed by atoms with Crippen molar-refractivity contribution in [1.29, 1.82) is 0 Å². The van der Waals surface area contributed by atoms with E-state index in [1.54, 1.807) is 35.1 Å². The summed E-state index contributed by atoms with van der Waals surface area (Å²) in [6, 6.07) is 3.42. The van der Waals surface area contributed by atoms with Crippen LogP contribution in [0.25, 0.3) is 0 Å². The van der Waals surface area contributed by atoms with Gasteiger partial charge in [-0.15, -0.1) is 0 Å². The van der Waals surface area contributed by atoms with Crippen LogP contribution in [0.2, 0.25) is 0 Å². The summed E-state index contributed by atoms with van der Waals surface area (Å²) in [4.78, 5) is 45.1. The van der Waals surface area contributed by atoms with E-state index in [0.29, 0.717) is 44.4 Å². The van der Waals surface area contributed by atoms with Crippen molar-refractivity contribution in [3.8, 4) is 5.75 Å². The van der Waals surface area contributed by atoms with Crippen molar-refractivity contribution < 1.29 is 23.9 Å². The maximum atomic E-state index is 12.6. The molecular weight excluding hydrogens is 328 g/mol. The zero-order chi connectivity index (χ0) is 17.8. The molecule has 0 radical (unpaired) electrons. The van der Waals surface area contributed by atoms with Crippen LogP contribution < -0.4 is 9.64 Å². The standard InChI is InChI=1S/C16H20N4O5/c1-2-24-16(23)19-8-6-18(7-9-19)13(21)10-20-14(22)11-25-12-4-3-5-17-15(12)20/h3-5H,2,6-11H2,1H3. The predicted molar refractivity (Wildman–Crippen MR) is 87.3 cm³/mol. The Bertz CT molecular complexity index is 672. The first kappa shape index (κ1) is 17.0. The monoisotopic (exact) mass is 348 g/mol. The van der Waals surface area contributed by atoms with Crippen molar-refractivity contribution in [3.63, 3.8) is 0 Å². The lowest BCUT2D eigenvalue weighted by molar-refractivity contribution is -0.133. The van der Waals surface area contributed by atoms with Crippen molar-refractivity contribution in [3.05, 3.63) is 18.3 Å². The summed E-state index contributed by atoms with van der Waals surface area (Å²) in [6.07, 6.45) is 1.19. The van der Waals surface area contributed by atoms with Gasteiger partial charge in [0.15, 0.2) is 18.2 Å². The van der Waals surface area contributed by atoms with Gasteiger partial charge in [0.25, 0.3) is 5.91 Å². The summed E-state index contributed by atoms with van der Waals surface area (Å²) in [5, 5.41) is 0. The Morgan fingerprint density at radius 1 is 1.24 bits per heavy atom. The topological polar surface area (TPSA) is 92.3 Å². The van der Waals surface area contributed by atoms with Gasteiger partial charge in [-0.3, -0.25) is 14.5 Å². The Morgan fingerprint density at radius 3 is 2.68 bits per heavy atom. The fourth-order valence-corrected chi connectivity index (χ4v) is 2.78. The van der Waals surface area contributed by atoms with Crippen molar-refractivity contribution in [1.82, 2.24) is 14.8 Å². The quantitative estimate of drug-likeness (QED) is 0.770. The maximum absolute atomic E-state index is 12.6. The molecule has 1 aromatic heterocycles. The third-order valence-electron chi connectivity index (χ3n) is 4.11. The highest BCUT2D eigenvalue weighted by atomic mass is 16.6. The fourth-order valence-electron chi connectivity index (χ4n) is 2.78. The van der Waals surface area contributed by atoms with E-state index in [1.165, 1.54) is 4.90 Å². The summed E-state index contributed by atoms with van der Waals surface area (Å²) in [5.74, 6) is 0.361. The molecule has 2 aliphatic heterocycles. The zero-order valence-electron chi connectivity index (χ0n) is 14.0. The molecular formula is C16H20N4O5. The van der Waals surface area contributed by atoms with E-state index in [1.807, 2.05) is 0 Å². The van der Waals surface area contributed by atoms with E-state index in [-0.39, 0.29) is 31.1 Å². The number of aromatic nitrogens is 1. The first-order valence-corrected chi connectivity index (χ1v) is 8.17. The highest BCUT2D eigenvalue weighted by molar-refractivity contribution is 6.01. The van der Waals surface area contributed by atoms with Crippen molar-refractivity contribution in [2.75, 3.05) is 50.8 Å². The van der Waals surface area contributed by atoms with Crippen LogP contribution in [-0.2, 0) is 14.3 Å². The average Bonchev–Trinajstić information content (AvgIpc) is 2.64. The molecule has 0 saturated carbocycles. The van der Waals surface area contributed by atoms with Crippen LogP contribution in [-0.4, -0.2) is 78.6 Å². The van der Waals surface area contributed by atoms with Gasteiger partial charge < -0.3 is 19.3 Å². The van der Waals surface area contributed by atoms with E-state index in [2.05, 4.69) is 4.98 Å². The second kappa shape index (κ2) is 7.37. The van der Waals surface area contributed by atoms with E-state index < -0.39 is 0 Å². The fraction of sp³-hybridized carbons (Fsp3) is 0.500. The Morgan fingerprint density at radius 2 is 1.96 bits per heavy atom. The first-order chi connectivity index (χ1) is 12.1. The normalized spacial score (nSPS) is 17.0. The molecule has 0 unspecified atom stereocenters. The van der Waals surface area contributed by atoms with Crippen LogP contribution in [0.1, 0.15) is 6.92 Å². The molecule has 0 spiro atoms. The van der Waals surface area contributed by atoms with E-state index in [0.717, 1.165) is 0 Å². The van der Waals surface area contributed by atoms with Crippen LogP contribution in [0, 0.1) is 0 Å². The molecule has 134 valence electrons. The smallest absolute Gasteiger partial charge is 0.409 e. The SMILES string of the molecule is CCOC(=O)N1CCN(C(=O)CN2C(=O)COc3cccnc32)CC1. The Balaban J connectivity index is 1.60. The molecule has 9 heteroatoms. The van der Waals surface area contributed by atoms with E-state index in [9.17, 15) is 14.4 Å². The van der Waals surface area contributed by atoms with Crippen LogP contribution in [0.15, 0.2) is 18.3 Å². The van der Waals surface area contributed by atoms with Gasteiger partial charge in [0.1, 0.15) is 6.54 Å². The molecule has 0 N–H and O–H groups in total. The molecule has 3 amide bonds. The molecule has 1 fully saturated rings. The molecule has 0 atom stereocenters. The number of rotatable bonds is 3. The molecule has 25 heavy (non-hydrogen) atoms. The van der Waals surface area contributed by atoms with Gasteiger partial charge in [0.05, 0.1) is 6.61 Å². The highest BCUT2D eigenvalue weighted by Crippen LogP contribution is 2.28. The van der Waals surface area contributed by atoms with Gasteiger partial charge in [-0.1, -0.05) is 0 Å². The number of pyridine rings is 1. The second-order valence-electron chi connectivity index (χ2n) is 5.66. The molecule has 1 aromatic rings. The summed E-state index contributed by atoms with van der Waals surface area (Å²) in [6.45, 7) is 3.52. The number of hydrogen-bond donors (Lipinski definition) is 0. The van der Waals surface area contributed by atoms with Crippen molar-refractivity contribution >= 4 is 23.7 Å². The third kappa shape index (κ3) is 3.65. The lowest BCUT2D eigenvalue weighted by atomic mass is 10.3. The maximum Gasteiger partial charge on any atom is 0.409 e. The number of carbonyl (C=O) groups is 3. The van der Waals surface area contributed by atoms with E-state index >= 15 is 0 Å². The van der Waals surface area contributed by atoms with E-state index in [4.69, 9.17) is 9.47 Å². The molecule has 0 aliphatic carbocycles. The Kier molecular flexibility index (Phi) is 5.01. The van der Waals surface area contributed by atoms with Gasteiger partial charge >= 0.3 is 6.09 Å². The Hall–Kier alpha value is -2.84. The number of anilines is 1. The van der Waals surface area contributed by atoms with Gasteiger partial charge in [-0.2, -0.15) is 0 Å². The Labute approximate surface area is 145 Å². The van der Waals surface area contributed by atoms with Crippen LogP contribution in [0.4, 0.5) is 10.6 Å². The average molecular weight is 348 g/mol. The number of carbonyl (C=O) groups excluding carboxylic acids is 3. The van der Waals surface area contributed by atoms with Gasteiger partial charge in [0, 0.05) is 32.4 Å². The molecule has 3 heterocycles. The minimum atomic E-state index is -0.365. The summed E-state index contributed by atoms with van der Waals surface area (Å²) in [7, 11) is 0. The molecule has 0 aromatic carbocycles. The van der Waals surface area contributed by atoms with Crippen molar-refractivity contribution in [2.45, 2.75) is 6.92 Å². The minimum absolute atomic E-state index is 0.0917. The number of piperazine rings is 1. The summed E-state index contributed by atoms with van der Waals surface area (Å²) < 4.78 is 10.3. The number of hydrogen-bond acceptors (Lipinski definition) is 6. The molecule has 3 rings (SSSR count). The van der Waals surface area contributed by atoms with Gasteiger partial charge in [-0.25, -0.2) is 9.78 Å². The molecule has 1 saturated heterocycles. The largest absolute Gasteiger partial charge is 0.480 e.